The third kappa shape index (κ3) is 3.77. The van der Waals surface area contributed by atoms with Gasteiger partial charge in [-0.15, -0.1) is 11.3 Å². The third-order valence-electron chi connectivity index (χ3n) is 2.37. The Morgan fingerprint density at radius 2 is 2.18 bits per heavy atom. The first-order chi connectivity index (χ1) is 8.01. The summed E-state index contributed by atoms with van der Waals surface area (Å²) in [6, 6.07) is 1.82. The van der Waals surface area contributed by atoms with Crippen LogP contribution in [0.3, 0.4) is 0 Å². The second kappa shape index (κ2) is 6.87. The van der Waals surface area contributed by atoms with E-state index in [2.05, 4.69) is 31.9 Å². The monoisotopic (exact) mass is 384 g/mol. The molecule has 0 spiro atoms. The molecule has 2 atom stereocenters. The van der Waals surface area contributed by atoms with Crippen LogP contribution in [0, 0.1) is 5.92 Å². The molecule has 0 aliphatic heterocycles. The number of hydrogen-bond acceptors (Lipinski definition) is 4. The Bertz CT molecular complexity index is 373. The highest BCUT2D eigenvalue weighted by Gasteiger charge is 2.29. The zero-order valence-electron chi connectivity index (χ0n) is 9.57. The summed E-state index contributed by atoms with van der Waals surface area (Å²) >= 11 is 8.14. The number of hydrogen-bond donors (Lipinski definition) is 1. The van der Waals surface area contributed by atoms with Crippen molar-refractivity contribution in [1.82, 2.24) is 0 Å². The van der Waals surface area contributed by atoms with E-state index in [9.17, 15) is 9.90 Å². The third-order valence-corrected chi connectivity index (χ3v) is 5.69. The summed E-state index contributed by atoms with van der Waals surface area (Å²) in [6.45, 7) is 3.96. The molecule has 0 bridgehead atoms. The Morgan fingerprint density at radius 3 is 2.59 bits per heavy atom. The number of aliphatic hydroxyl groups excluding tert-OH is 1. The maximum Gasteiger partial charge on any atom is 0.311 e. The Hall–Kier alpha value is 0.0900. The quantitative estimate of drug-likeness (QED) is 0.782. The lowest BCUT2D eigenvalue weighted by atomic mass is 9.98. The van der Waals surface area contributed by atoms with E-state index < -0.39 is 12.0 Å². The van der Waals surface area contributed by atoms with E-state index in [1.54, 1.807) is 6.92 Å². The van der Waals surface area contributed by atoms with E-state index in [4.69, 9.17) is 4.74 Å². The molecule has 17 heavy (non-hydrogen) atoms. The molecular weight excluding hydrogens is 372 g/mol. The van der Waals surface area contributed by atoms with Gasteiger partial charge in [-0.05, 0) is 51.3 Å². The highest BCUT2D eigenvalue weighted by atomic mass is 79.9. The summed E-state index contributed by atoms with van der Waals surface area (Å²) in [5, 5.41) is 10.2. The van der Waals surface area contributed by atoms with Crippen molar-refractivity contribution < 1.29 is 14.6 Å². The van der Waals surface area contributed by atoms with Crippen molar-refractivity contribution in [3.8, 4) is 0 Å². The van der Waals surface area contributed by atoms with Gasteiger partial charge in [-0.25, -0.2) is 0 Å². The number of rotatable bonds is 5. The Balaban J connectivity index is 2.85. The maximum absolute atomic E-state index is 11.7. The molecule has 96 valence electrons. The average molecular weight is 386 g/mol. The normalized spacial score (nSPS) is 14.4. The van der Waals surface area contributed by atoms with Crippen LogP contribution in [0.1, 0.15) is 31.2 Å². The van der Waals surface area contributed by atoms with E-state index in [-0.39, 0.29) is 5.97 Å². The van der Waals surface area contributed by atoms with Crippen molar-refractivity contribution in [1.29, 1.82) is 0 Å². The molecule has 0 saturated heterocycles. The van der Waals surface area contributed by atoms with Crippen LogP contribution in [0.4, 0.5) is 0 Å². The molecule has 1 aromatic rings. The molecule has 0 saturated carbocycles. The molecule has 2 unspecified atom stereocenters. The summed E-state index contributed by atoms with van der Waals surface area (Å²) in [4.78, 5) is 12.4. The van der Waals surface area contributed by atoms with Crippen LogP contribution in [-0.2, 0) is 9.53 Å². The zero-order chi connectivity index (χ0) is 13.0. The minimum absolute atomic E-state index is 0.333. The lowest BCUT2D eigenvalue weighted by Crippen LogP contribution is -2.23. The van der Waals surface area contributed by atoms with Crippen molar-refractivity contribution in [2.75, 3.05) is 6.61 Å². The molecule has 0 radical (unpaired) electrons. The molecular formula is C11H14Br2O3S. The van der Waals surface area contributed by atoms with Crippen LogP contribution < -0.4 is 0 Å². The molecule has 1 aromatic heterocycles. The van der Waals surface area contributed by atoms with Gasteiger partial charge in [0.05, 0.1) is 16.3 Å². The molecule has 0 aromatic carbocycles. The van der Waals surface area contributed by atoms with Crippen LogP contribution >= 0.6 is 43.2 Å². The Morgan fingerprint density at radius 1 is 1.53 bits per heavy atom. The molecule has 3 nitrogen and oxygen atoms in total. The van der Waals surface area contributed by atoms with Crippen molar-refractivity contribution in [2.24, 2.45) is 5.92 Å². The summed E-state index contributed by atoms with van der Waals surface area (Å²) in [5.74, 6) is -0.851. The van der Waals surface area contributed by atoms with Crippen LogP contribution in [0.15, 0.2) is 14.3 Å². The van der Waals surface area contributed by atoms with E-state index in [0.29, 0.717) is 13.0 Å². The SMILES string of the molecule is CCOC(=O)C(CC)C(O)c1cc(Br)c(Br)s1. The smallest absolute Gasteiger partial charge is 0.311 e. The zero-order valence-corrected chi connectivity index (χ0v) is 13.6. The topological polar surface area (TPSA) is 46.5 Å². The first kappa shape index (κ1) is 15.1. The maximum atomic E-state index is 11.7. The van der Waals surface area contributed by atoms with Crippen molar-refractivity contribution in [3.63, 3.8) is 0 Å². The fourth-order valence-corrected chi connectivity index (χ4v) is 3.62. The first-order valence-corrected chi connectivity index (χ1v) is 7.70. The molecule has 0 aliphatic carbocycles. The number of aliphatic hydroxyl groups is 1. The summed E-state index contributed by atoms with van der Waals surface area (Å²) in [5.41, 5.74) is 0. The lowest BCUT2D eigenvalue weighted by molar-refractivity contribution is -0.152. The average Bonchev–Trinajstić information content (AvgIpc) is 2.60. The van der Waals surface area contributed by atoms with Crippen molar-refractivity contribution >= 4 is 49.2 Å². The highest BCUT2D eigenvalue weighted by Crippen LogP contribution is 2.38. The number of esters is 1. The number of thiophene rings is 1. The first-order valence-electron chi connectivity index (χ1n) is 5.30. The van der Waals surface area contributed by atoms with Crippen LogP contribution in [0.25, 0.3) is 0 Å². The van der Waals surface area contributed by atoms with Gasteiger partial charge in [0.25, 0.3) is 0 Å². The van der Waals surface area contributed by atoms with Gasteiger partial charge in [0.1, 0.15) is 6.10 Å². The van der Waals surface area contributed by atoms with Crippen molar-refractivity contribution in [2.45, 2.75) is 26.4 Å². The molecule has 6 heteroatoms. The molecule has 1 N–H and O–H groups in total. The minimum Gasteiger partial charge on any atom is -0.466 e. The largest absolute Gasteiger partial charge is 0.466 e. The summed E-state index contributed by atoms with van der Waals surface area (Å²) in [7, 11) is 0. The van der Waals surface area contributed by atoms with E-state index in [1.165, 1.54) is 11.3 Å². The van der Waals surface area contributed by atoms with Crippen LogP contribution in [-0.4, -0.2) is 17.7 Å². The molecule has 0 amide bonds. The number of carbonyl (C=O) groups excluding carboxylic acids is 1. The van der Waals surface area contributed by atoms with E-state index >= 15 is 0 Å². The summed E-state index contributed by atoms with van der Waals surface area (Å²) in [6.07, 6.45) is -0.265. The van der Waals surface area contributed by atoms with Gasteiger partial charge in [-0.1, -0.05) is 6.92 Å². The van der Waals surface area contributed by atoms with Gasteiger partial charge in [0.2, 0.25) is 0 Å². The predicted octanol–water partition coefficient (Wildman–Crippen LogP) is 3.90. The lowest BCUT2D eigenvalue weighted by Gasteiger charge is -2.18. The van der Waals surface area contributed by atoms with Crippen LogP contribution in [0.2, 0.25) is 0 Å². The van der Waals surface area contributed by atoms with Gasteiger partial charge >= 0.3 is 5.97 Å². The fraction of sp³-hybridized carbons (Fsp3) is 0.545. The highest BCUT2D eigenvalue weighted by molar-refractivity contribution is 9.13. The standard InChI is InChI=1S/C11H14Br2O3S/c1-3-6(11(15)16-4-2)9(14)8-5-7(12)10(13)17-8/h5-6,9,14H,3-4H2,1-2H3. The van der Waals surface area contributed by atoms with Crippen molar-refractivity contribution in [3.05, 3.63) is 19.2 Å². The summed E-state index contributed by atoms with van der Waals surface area (Å²) < 4.78 is 6.75. The Kier molecular flexibility index (Phi) is 6.12. The van der Waals surface area contributed by atoms with Gasteiger partial charge in [0, 0.05) is 9.35 Å². The molecule has 1 heterocycles. The molecule has 1 rings (SSSR count). The van der Waals surface area contributed by atoms with Crippen LogP contribution in [0.5, 0.6) is 0 Å². The second-order valence-electron chi connectivity index (χ2n) is 3.48. The van der Waals surface area contributed by atoms with E-state index in [0.717, 1.165) is 13.1 Å². The predicted molar refractivity (Wildman–Crippen MR) is 75.1 cm³/mol. The fourth-order valence-electron chi connectivity index (χ4n) is 1.48. The minimum atomic E-state index is -0.813. The number of halogens is 2. The number of ether oxygens (including phenoxy) is 1. The van der Waals surface area contributed by atoms with Gasteiger partial charge < -0.3 is 9.84 Å². The Labute approximate surface area is 121 Å². The van der Waals surface area contributed by atoms with E-state index in [1.807, 2.05) is 13.0 Å². The number of carbonyl (C=O) groups is 1. The van der Waals surface area contributed by atoms with Gasteiger partial charge in [0.15, 0.2) is 0 Å². The second-order valence-corrected chi connectivity index (χ2v) is 6.74. The van der Waals surface area contributed by atoms with Gasteiger partial charge in [-0.3, -0.25) is 4.79 Å². The molecule has 0 fully saturated rings. The van der Waals surface area contributed by atoms with Gasteiger partial charge in [-0.2, -0.15) is 0 Å². The molecule has 0 aliphatic rings.